The number of fused-ring (bicyclic) bond motifs is 1. The quantitative estimate of drug-likeness (QED) is 0.366. The van der Waals surface area contributed by atoms with E-state index in [1.807, 2.05) is 17.2 Å². The Hall–Kier alpha value is -2.54. The van der Waals surface area contributed by atoms with E-state index in [-0.39, 0.29) is 23.8 Å². The number of aromatic nitrogens is 4. The van der Waals surface area contributed by atoms with E-state index in [1.165, 1.54) is 0 Å². The third-order valence-electron chi connectivity index (χ3n) is 7.22. The Kier molecular flexibility index (Phi) is 7.56. The number of nitrogens with two attached hydrogens (primary N) is 1. The van der Waals surface area contributed by atoms with Gasteiger partial charge >= 0.3 is 0 Å². The maximum absolute atomic E-state index is 13.3. The highest BCUT2D eigenvalue weighted by molar-refractivity contribution is 7.98. The molecule has 12 heteroatoms. The number of imidazole rings is 1. The summed E-state index contributed by atoms with van der Waals surface area (Å²) in [5.74, 6) is 0.639. The molecule has 1 amide bonds. The molecule has 2 aliphatic rings. The SMILES string of the molecule is CSc1nc2cc(S(=O)O)ccc2n1C1CCN(C(=O)C2CCN(Cc3cnc(N)nc3)CC2)CC1. The van der Waals surface area contributed by atoms with Gasteiger partial charge in [-0.2, -0.15) is 0 Å². The Morgan fingerprint density at radius 1 is 1.14 bits per heavy atom. The van der Waals surface area contributed by atoms with Crippen molar-refractivity contribution >= 4 is 45.7 Å². The van der Waals surface area contributed by atoms with Crippen molar-refractivity contribution in [2.75, 3.05) is 38.2 Å². The van der Waals surface area contributed by atoms with Crippen molar-refractivity contribution in [1.82, 2.24) is 29.3 Å². The number of nitrogens with zero attached hydrogens (tertiary/aromatic N) is 6. The molecule has 0 radical (unpaired) electrons. The van der Waals surface area contributed by atoms with E-state index in [0.717, 1.165) is 80.2 Å². The Morgan fingerprint density at radius 3 is 2.47 bits per heavy atom. The molecule has 3 aromatic rings. The lowest BCUT2D eigenvalue weighted by Crippen LogP contribution is -2.45. The van der Waals surface area contributed by atoms with Gasteiger partial charge in [0, 0.05) is 49.6 Å². The standard InChI is InChI=1S/C24H31N7O3S2/c1-35-24-28-20-12-19(36(33)34)2-3-21(20)31(24)18-6-10-30(11-7-18)22(32)17-4-8-29(9-5-17)15-16-13-26-23(25)27-14-16/h2-3,12-14,17-18H,4-11,15H2,1H3,(H,33,34)(H2,25,26,27). The van der Waals surface area contributed by atoms with Crippen molar-refractivity contribution in [2.24, 2.45) is 5.92 Å². The third-order valence-corrected chi connectivity index (χ3v) is 8.53. The third kappa shape index (κ3) is 5.26. The molecule has 36 heavy (non-hydrogen) atoms. The van der Waals surface area contributed by atoms with Gasteiger partial charge in [-0.15, -0.1) is 0 Å². The molecule has 2 aromatic heterocycles. The fourth-order valence-electron chi connectivity index (χ4n) is 5.31. The number of benzene rings is 1. The zero-order chi connectivity index (χ0) is 25.2. The molecule has 192 valence electrons. The zero-order valence-corrected chi connectivity index (χ0v) is 21.9. The van der Waals surface area contributed by atoms with E-state index >= 15 is 0 Å². The number of nitrogen functional groups attached to an aromatic ring is 1. The largest absolute Gasteiger partial charge is 0.368 e. The second-order valence-corrected chi connectivity index (χ2v) is 11.2. The maximum Gasteiger partial charge on any atom is 0.225 e. The summed E-state index contributed by atoms with van der Waals surface area (Å²) in [6, 6.07) is 5.50. The molecule has 3 N–H and O–H groups in total. The number of rotatable bonds is 6. The van der Waals surface area contributed by atoms with Crippen LogP contribution in [0.2, 0.25) is 0 Å². The number of likely N-dealkylation sites (tertiary alicyclic amines) is 2. The van der Waals surface area contributed by atoms with Gasteiger partial charge in [0.05, 0.1) is 15.9 Å². The molecule has 2 aliphatic heterocycles. The molecule has 0 saturated carbocycles. The number of amides is 1. The lowest BCUT2D eigenvalue weighted by atomic mass is 9.93. The van der Waals surface area contributed by atoms with Crippen LogP contribution in [0.3, 0.4) is 0 Å². The molecular formula is C24H31N7O3S2. The second kappa shape index (κ2) is 10.8. The lowest BCUT2D eigenvalue weighted by Gasteiger charge is -2.38. The summed E-state index contributed by atoms with van der Waals surface area (Å²) < 4.78 is 23.1. The Balaban J connectivity index is 1.18. The normalized spacial score (nSPS) is 19.1. The lowest BCUT2D eigenvalue weighted by molar-refractivity contribution is -0.138. The molecule has 4 heterocycles. The van der Waals surface area contributed by atoms with Crippen LogP contribution in [0.5, 0.6) is 0 Å². The summed E-state index contributed by atoms with van der Waals surface area (Å²) in [5, 5.41) is 0.898. The van der Waals surface area contributed by atoms with E-state index in [2.05, 4.69) is 19.4 Å². The summed E-state index contributed by atoms with van der Waals surface area (Å²) in [4.78, 5) is 30.8. The number of hydrogen-bond acceptors (Lipinski definition) is 8. The highest BCUT2D eigenvalue weighted by Crippen LogP contribution is 2.34. The van der Waals surface area contributed by atoms with Crippen LogP contribution in [0.25, 0.3) is 11.0 Å². The Morgan fingerprint density at radius 2 is 1.83 bits per heavy atom. The smallest absolute Gasteiger partial charge is 0.225 e. The first-order chi connectivity index (χ1) is 17.4. The molecule has 10 nitrogen and oxygen atoms in total. The molecule has 0 spiro atoms. The molecule has 1 atom stereocenters. The molecule has 0 aliphatic carbocycles. The predicted octanol–water partition coefficient (Wildman–Crippen LogP) is 2.79. The summed E-state index contributed by atoms with van der Waals surface area (Å²) >= 11 is -0.454. The van der Waals surface area contributed by atoms with Crippen LogP contribution in [0.4, 0.5) is 5.95 Å². The minimum absolute atomic E-state index is 0.0778. The van der Waals surface area contributed by atoms with Gasteiger partial charge in [0.25, 0.3) is 0 Å². The molecule has 2 fully saturated rings. The van der Waals surface area contributed by atoms with Gasteiger partial charge in [0.15, 0.2) is 16.2 Å². The van der Waals surface area contributed by atoms with Crippen LogP contribution in [-0.2, 0) is 22.4 Å². The molecule has 5 rings (SSSR count). The second-order valence-electron chi connectivity index (χ2n) is 9.42. The highest BCUT2D eigenvalue weighted by atomic mass is 32.2. The van der Waals surface area contributed by atoms with E-state index in [9.17, 15) is 13.6 Å². The van der Waals surface area contributed by atoms with Crippen molar-refractivity contribution in [1.29, 1.82) is 0 Å². The summed E-state index contributed by atoms with van der Waals surface area (Å²) in [7, 11) is 0. The maximum atomic E-state index is 13.3. The van der Waals surface area contributed by atoms with Gasteiger partial charge in [0.1, 0.15) is 0 Å². The van der Waals surface area contributed by atoms with Crippen LogP contribution in [0.15, 0.2) is 40.6 Å². The van der Waals surface area contributed by atoms with Crippen molar-refractivity contribution < 1.29 is 13.6 Å². The number of hydrogen-bond donors (Lipinski definition) is 2. The van der Waals surface area contributed by atoms with Gasteiger partial charge in [-0.1, -0.05) is 11.8 Å². The minimum atomic E-state index is -2.03. The monoisotopic (exact) mass is 529 g/mol. The van der Waals surface area contributed by atoms with Crippen LogP contribution in [0, 0.1) is 5.92 Å². The average molecular weight is 530 g/mol. The molecule has 0 bridgehead atoms. The number of carbonyl (C=O) groups is 1. The van der Waals surface area contributed by atoms with Crippen molar-refractivity contribution in [3.8, 4) is 0 Å². The molecule has 1 unspecified atom stereocenters. The van der Waals surface area contributed by atoms with Crippen molar-refractivity contribution in [2.45, 2.75) is 48.3 Å². The fraction of sp³-hybridized carbons (Fsp3) is 0.500. The van der Waals surface area contributed by atoms with E-state index in [4.69, 9.17) is 10.7 Å². The fourth-order valence-corrected chi connectivity index (χ4v) is 6.34. The molecule has 1 aromatic carbocycles. The first-order valence-corrected chi connectivity index (χ1v) is 14.5. The van der Waals surface area contributed by atoms with Gasteiger partial charge in [-0.3, -0.25) is 9.69 Å². The Labute approximate surface area is 217 Å². The van der Waals surface area contributed by atoms with Crippen LogP contribution >= 0.6 is 11.8 Å². The first-order valence-electron chi connectivity index (χ1n) is 12.2. The minimum Gasteiger partial charge on any atom is -0.368 e. The van der Waals surface area contributed by atoms with E-state index in [1.54, 1.807) is 36.3 Å². The van der Waals surface area contributed by atoms with Gasteiger partial charge in [0.2, 0.25) is 11.9 Å². The summed E-state index contributed by atoms with van der Waals surface area (Å²) in [6.07, 6.45) is 9.00. The average Bonchev–Trinajstić information content (AvgIpc) is 3.28. The number of anilines is 1. The van der Waals surface area contributed by atoms with Crippen molar-refractivity contribution in [3.63, 3.8) is 0 Å². The summed E-state index contributed by atoms with van der Waals surface area (Å²) in [5.41, 5.74) is 8.31. The van der Waals surface area contributed by atoms with E-state index in [0.29, 0.717) is 4.90 Å². The van der Waals surface area contributed by atoms with Crippen LogP contribution < -0.4 is 5.73 Å². The van der Waals surface area contributed by atoms with Crippen molar-refractivity contribution in [3.05, 3.63) is 36.2 Å². The number of thioether (sulfide) groups is 1. The number of carbonyl (C=O) groups excluding carboxylic acids is 1. The highest BCUT2D eigenvalue weighted by Gasteiger charge is 2.32. The van der Waals surface area contributed by atoms with Gasteiger partial charge < -0.3 is 19.8 Å². The Bertz CT molecular complexity index is 1250. The van der Waals surface area contributed by atoms with Gasteiger partial charge in [-0.25, -0.2) is 19.2 Å². The topological polar surface area (TPSA) is 130 Å². The van der Waals surface area contributed by atoms with Gasteiger partial charge in [-0.05, 0) is 63.2 Å². The predicted molar refractivity (Wildman–Crippen MR) is 140 cm³/mol. The van der Waals surface area contributed by atoms with Crippen LogP contribution in [0.1, 0.15) is 37.3 Å². The molecule has 2 saturated heterocycles. The number of piperidine rings is 2. The molecular weight excluding hydrogens is 498 g/mol. The summed E-state index contributed by atoms with van der Waals surface area (Å²) in [6.45, 7) is 4.02. The van der Waals surface area contributed by atoms with Crippen LogP contribution in [-0.4, -0.2) is 76.4 Å². The first kappa shape index (κ1) is 25.1. The van der Waals surface area contributed by atoms with E-state index < -0.39 is 11.1 Å². The zero-order valence-electron chi connectivity index (χ0n) is 20.2.